The normalized spacial score (nSPS) is 25.1. The Morgan fingerprint density at radius 2 is 2.13 bits per heavy atom. The van der Waals surface area contributed by atoms with Gasteiger partial charge in [-0.25, -0.2) is 8.42 Å². The Kier molecular flexibility index (Phi) is 4.95. The first-order valence-electron chi connectivity index (χ1n) is 7.54. The van der Waals surface area contributed by atoms with E-state index >= 15 is 0 Å². The predicted octanol–water partition coefficient (Wildman–Crippen LogP) is 2.35. The average Bonchev–Trinajstić information content (AvgIpc) is 2.47. The number of rotatable bonds is 5. The lowest BCUT2D eigenvalue weighted by Crippen LogP contribution is -2.41. The van der Waals surface area contributed by atoms with Crippen molar-refractivity contribution >= 4 is 21.2 Å². The lowest BCUT2D eigenvalue weighted by atomic mass is 9.73. The van der Waals surface area contributed by atoms with E-state index in [4.69, 9.17) is 0 Å². The van der Waals surface area contributed by atoms with Gasteiger partial charge in [-0.3, -0.25) is 10.1 Å². The van der Waals surface area contributed by atoms with E-state index in [1.165, 1.54) is 12.1 Å². The van der Waals surface area contributed by atoms with E-state index in [-0.39, 0.29) is 21.7 Å². The third-order valence-corrected chi connectivity index (χ3v) is 5.67. The van der Waals surface area contributed by atoms with Crippen molar-refractivity contribution in [3.63, 3.8) is 0 Å². The Morgan fingerprint density at radius 1 is 1.43 bits per heavy atom. The van der Waals surface area contributed by atoms with E-state index in [1.807, 2.05) is 6.92 Å². The zero-order valence-corrected chi connectivity index (χ0v) is 14.1. The fraction of sp³-hybridized carbons (Fsp3) is 0.600. The van der Waals surface area contributed by atoms with Crippen molar-refractivity contribution in [1.29, 1.82) is 0 Å². The molecule has 0 heterocycles. The Morgan fingerprint density at radius 3 is 2.70 bits per heavy atom. The van der Waals surface area contributed by atoms with Crippen LogP contribution in [0.5, 0.6) is 0 Å². The topological polar surface area (TPSA) is 110 Å². The van der Waals surface area contributed by atoms with Crippen molar-refractivity contribution in [2.75, 3.05) is 18.1 Å². The molecule has 0 aromatic heterocycles. The zero-order chi connectivity index (χ0) is 17.3. The summed E-state index contributed by atoms with van der Waals surface area (Å²) in [6.45, 7) is 2.35. The molecule has 1 fully saturated rings. The molecule has 1 aliphatic rings. The standard InChI is InChI=1S/C15H22N2O5S/c1-15(8-4-3-5-14(15)18)10-16-12-7-6-11(23(2,21)22)9-13(12)17(19)20/h6-7,9,14,16,18H,3-5,8,10H2,1-2H3. The van der Waals surface area contributed by atoms with Gasteiger partial charge in [0.05, 0.1) is 15.9 Å². The molecule has 2 rings (SSSR count). The molecule has 2 atom stereocenters. The first-order chi connectivity index (χ1) is 10.6. The summed E-state index contributed by atoms with van der Waals surface area (Å²) in [6, 6.07) is 3.83. The van der Waals surface area contributed by atoms with Gasteiger partial charge in [0.15, 0.2) is 9.84 Å². The molecule has 1 saturated carbocycles. The highest BCUT2D eigenvalue weighted by atomic mass is 32.2. The Labute approximate surface area is 135 Å². The summed E-state index contributed by atoms with van der Waals surface area (Å²) < 4.78 is 23.1. The maximum absolute atomic E-state index is 11.5. The number of anilines is 1. The highest BCUT2D eigenvalue weighted by Gasteiger charge is 2.35. The minimum atomic E-state index is -3.50. The zero-order valence-electron chi connectivity index (χ0n) is 13.3. The molecule has 0 radical (unpaired) electrons. The number of nitro groups is 1. The van der Waals surface area contributed by atoms with Crippen molar-refractivity contribution in [2.45, 2.75) is 43.6 Å². The number of hydrogen-bond donors (Lipinski definition) is 2. The number of aliphatic hydroxyl groups is 1. The fourth-order valence-electron chi connectivity index (χ4n) is 2.93. The molecule has 23 heavy (non-hydrogen) atoms. The number of nitrogens with zero attached hydrogens (tertiary/aromatic N) is 1. The fourth-order valence-corrected chi connectivity index (χ4v) is 3.57. The van der Waals surface area contributed by atoms with Gasteiger partial charge < -0.3 is 10.4 Å². The van der Waals surface area contributed by atoms with Crippen LogP contribution in [0, 0.1) is 15.5 Å². The monoisotopic (exact) mass is 342 g/mol. The number of nitro benzene ring substituents is 1. The molecule has 7 nitrogen and oxygen atoms in total. The van der Waals surface area contributed by atoms with Gasteiger partial charge in [-0.1, -0.05) is 19.8 Å². The molecule has 2 unspecified atom stereocenters. The van der Waals surface area contributed by atoms with E-state index in [0.29, 0.717) is 6.54 Å². The summed E-state index contributed by atoms with van der Waals surface area (Å²) in [6.07, 6.45) is 4.14. The van der Waals surface area contributed by atoms with Gasteiger partial charge in [-0.15, -0.1) is 0 Å². The third kappa shape index (κ3) is 4.00. The van der Waals surface area contributed by atoms with Crippen LogP contribution in [0.3, 0.4) is 0 Å². The highest BCUT2D eigenvalue weighted by Crippen LogP contribution is 2.37. The molecule has 1 aromatic rings. The summed E-state index contributed by atoms with van der Waals surface area (Å²) in [5.41, 5.74) is -0.357. The molecule has 0 saturated heterocycles. The maximum Gasteiger partial charge on any atom is 0.293 e. The van der Waals surface area contributed by atoms with Crippen LogP contribution < -0.4 is 5.32 Å². The Balaban J connectivity index is 2.24. The molecule has 0 bridgehead atoms. The van der Waals surface area contributed by atoms with Crippen molar-refractivity contribution in [1.82, 2.24) is 0 Å². The van der Waals surface area contributed by atoms with E-state index in [1.54, 1.807) is 0 Å². The minimum absolute atomic E-state index is 0.0846. The second-order valence-corrected chi connectivity index (χ2v) is 8.49. The van der Waals surface area contributed by atoms with Gasteiger partial charge in [0.25, 0.3) is 5.69 Å². The average molecular weight is 342 g/mol. The smallest absolute Gasteiger partial charge is 0.293 e. The molecule has 128 valence electrons. The lowest BCUT2D eigenvalue weighted by molar-refractivity contribution is -0.384. The molecular formula is C15H22N2O5S. The van der Waals surface area contributed by atoms with Crippen molar-refractivity contribution in [3.8, 4) is 0 Å². The van der Waals surface area contributed by atoms with Crippen LogP contribution in [-0.2, 0) is 9.84 Å². The van der Waals surface area contributed by atoms with Gasteiger partial charge in [0.1, 0.15) is 5.69 Å². The summed E-state index contributed by atoms with van der Waals surface area (Å²) in [7, 11) is -3.50. The van der Waals surface area contributed by atoms with Crippen LogP contribution in [0.4, 0.5) is 11.4 Å². The second-order valence-electron chi connectivity index (χ2n) is 6.48. The summed E-state index contributed by atoms with van der Waals surface area (Å²) in [4.78, 5) is 10.5. The first kappa shape index (κ1) is 17.7. The third-order valence-electron chi connectivity index (χ3n) is 4.56. The van der Waals surface area contributed by atoms with E-state index in [9.17, 15) is 23.6 Å². The summed E-state index contributed by atoms with van der Waals surface area (Å²) in [5.74, 6) is 0. The quantitative estimate of drug-likeness (QED) is 0.628. The first-order valence-corrected chi connectivity index (χ1v) is 9.43. The van der Waals surface area contributed by atoms with E-state index < -0.39 is 20.9 Å². The molecule has 2 N–H and O–H groups in total. The van der Waals surface area contributed by atoms with E-state index in [2.05, 4.69) is 5.32 Å². The van der Waals surface area contributed by atoms with Gasteiger partial charge in [-0.05, 0) is 25.0 Å². The van der Waals surface area contributed by atoms with E-state index in [0.717, 1.165) is 38.0 Å². The predicted molar refractivity (Wildman–Crippen MR) is 87.3 cm³/mol. The van der Waals surface area contributed by atoms with Crippen LogP contribution in [-0.4, -0.2) is 37.4 Å². The van der Waals surface area contributed by atoms with Crippen LogP contribution in [0.2, 0.25) is 0 Å². The van der Waals surface area contributed by atoms with Crippen molar-refractivity contribution in [3.05, 3.63) is 28.3 Å². The number of hydrogen-bond acceptors (Lipinski definition) is 6. The molecule has 0 spiro atoms. The molecular weight excluding hydrogens is 320 g/mol. The Hall–Kier alpha value is -1.67. The lowest BCUT2D eigenvalue weighted by Gasteiger charge is -2.38. The van der Waals surface area contributed by atoms with Crippen molar-refractivity contribution < 1.29 is 18.4 Å². The van der Waals surface area contributed by atoms with Crippen LogP contribution in [0.15, 0.2) is 23.1 Å². The van der Waals surface area contributed by atoms with Crippen LogP contribution in [0.25, 0.3) is 0 Å². The number of nitrogens with one attached hydrogen (secondary N) is 1. The SMILES string of the molecule is CC1(CNc2ccc(S(C)(=O)=O)cc2[N+](=O)[O-])CCCCC1O. The van der Waals surface area contributed by atoms with Crippen LogP contribution in [0.1, 0.15) is 32.6 Å². The molecule has 0 aliphatic heterocycles. The molecule has 1 aromatic carbocycles. The summed E-state index contributed by atoms with van der Waals surface area (Å²) in [5, 5.41) is 24.4. The number of sulfone groups is 1. The van der Waals surface area contributed by atoms with Gasteiger partial charge >= 0.3 is 0 Å². The molecule has 1 aliphatic carbocycles. The van der Waals surface area contributed by atoms with Gasteiger partial charge in [-0.2, -0.15) is 0 Å². The van der Waals surface area contributed by atoms with Crippen molar-refractivity contribution in [2.24, 2.45) is 5.41 Å². The number of aliphatic hydroxyl groups excluding tert-OH is 1. The van der Waals surface area contributed by atoms with Gasteiger partial charge in [0.2, 0.25) is 0 Å². The van der Waals surface area contributed by atoms with Gasteiger partial charge in [0, 0.05) is 24.3 Å². The molecule has 8 heteroatoms. The minimum Gasteiger partial charge on any atom is -0.392 e. The largest absolute Gasteiger partial charge is 0.392 e. The second kappa shape index (κ2) is 6.45. The highest BCUT2D eigenvalue weighted by molar-refractivity contribution is 7.90. The maximum atomic E-state index is 11.5. The summed E-state index contributed by atoms with van der Waals surface area (Å²) >= 11 is 0. The van der Waals surface area contributed by atoms with Crippen LogP contribution >= 0.6 is 0 Å². The number of benzene rings is 1. The Bertz CT molecular complexity index is 704. The molecule has 0 amide bonds.